The molecule has 1 saturated heterocycles. The Hall–Kier alpha value is -2.39. The highest BCUT2D eigenvalue weighted by molar-refractivity contribution is 6.31. The fourth-order valence-electron chi connectivity index (χ4n) is 3.69. The monoisotopic (exact) mass is 364 g/mol. The number of piperidine rings is 1. The normalized spacial score (nSPS) is 17.4. The van der Waals surface area contributed by atoms with Gasteiger partial charge in [-0.2, -0.15) is 0 Å². The van der Waals surface area contributed by atoms with Gasteiger partial charge < -0.3 is 4.90 Å². The Kier molecular flexibility index (Phi) is 4.89. The maximum absolute atomic E-state index is 12.8. The highest BCUT2D eigenvalue weighted by Crippen LogP contribution is 2.28. The van der Waals surface area contributed by atoms with Gasteiger partial charge in [-0.1, -0.05) is 54.1 Å². The van der Waals surface area contributed by atoms with Crippen molar-refractivity contribution in [3.05, 3.63) is 77.1 Å². The summed E-state index contributed by atoms with van der Waals surface area (Å²) in [5.41, 5.74) is 1.98. The first-order valence-corrected chi connectivity index (χ1v) is 9.44. The summed E-state index contributed by atoms with van der Waals surface area (Å²) in [6.45, 7) is 1.54. The lowest BCUT2D eigenvalue weighted by molar-refractivity contribution is -0.131. The van der Waals surface area contributed by atoms with Crippen molar-refractivity contribution in [1.29, 1.82) is 0 Å². The highest BCUT2D eigenvalue weighted by Gasteiger charge is 2.26. The van der Waals surface area contributed by atoms with E-state index in [9.17, 15) is 4.79 Å². The number of benzene rings is 2. The molecule has 1 atom stereocenters. The maximum Gasteiger partial charge on any atom is 0.227 e. The third kappa shape index (κ3) is 3.58. The number of likely N-dealkylation sites (tertiary alicyclic amines) is 1. The zero-order chi connectivity index (χ0) is 17.9. The number of pyridine rings is 1. The minimum Gasteiger partial charge on any atom is -0.342 e. The van der Waals surface area contributed by atoms with Crippen LogP contribution in [0.15, 0.2) is 60.8 Å². The summed E-state index contributed by atoms with van der Waals surface area (Å²) in [6.07, 6.45) is 4.38. The fraction of sp³-hybridized carbons (Fsp3) is 0.273. The number of hydrogen-bond acceptors (Lipinski definition) is 2. The topological polar surface area (TPSA) is 33.2 Å². The van der Waals surface area contributed by atoms with E-state index in [2.05, 4.69) is 23.2 Å². The summed E-state index contributed by atoms with van der Waals surface area (Å²) in [5.74, 6) is 0.437. The molecule has 4 rings (SSSR count). The lowest BCUT2D eigenvalue weighted by Crippen LogP contribution is -2.40. The highest BCUT2D eigenvalue weighted by atomic mass is 35.5. The zero-order valence-electron chi connectivity index (χ0n) is 14.6. The Morgan fingerprint density at radius 2 is 1.88 bits per heavy atom. The second-order valence-corrected chi connectivity index (χ2v) is 7.31. The van der Waals surface area contributed by atoms with Crippen LogP contribution in [-0.2, 0) is 11.2 Å². The summed E-state index contributed by atoms with van der Waals surface area (Å²) in [4.78, 5) is 19.4. The molecule has 1 aromatic heterocycles. The van der Waals surface area contributed by atoms with Crippen LogP contribution in [0.5, 0.6) is 0 Å². The first kappa shape index (κ1) is 17.0. The standard InChI is InChI=1S/C22H21ClN2O/c23-20-10-4-3-7-17(20)13-22(26)25-11-5-9-19(15-25)21-12-16-6-1-2-8-18(16)14-24-21/h1-4,6-8,10,12,14,19H,5,9,11,13,15H2/t19-/m0/s1. The minimum atomic E-state index is 0.142. The van der Waals surface area contributed by atoms with Crippen LogP contribution in [0.3, 0.4) is 0 Å². The SMILES string of the molecule is O=C(Cc1ccccc1Cl)N1CCC[C@H](c2cc3ccccc3cn2)C1. The predicted octanol–water partition coefficient (Wildman–Crippen LogP) is 4.84. The Labute approximate surface area is 158 Å². The molecule has 2 aromatic carbocycles. The van der Waals surface area contributed by atoms with Gasteiger partial charge in [0.05, 0.1) is 6.42 Å². The van der Waals surface area contributed by atoms with Gasteiger partial charge in [0.1, 0.15) is 0 Å². The molecule has 1 aliphatic rings. The molecule has 26 heavy (non-hydrogen) atoms. The van der Waals surface area contributed by atoms with Crippen molar-refractivity contribution < 1.29 is 4.79 Å². The van der Waals surface area contributed by atoms with E-state index in [-0.39, 0.29) is 5.91 Å². The number of aromatic nitrogens is 1. The molecule has 1 fully saturated rings. The molecule has 1 aliphatic heterocycles. The molecular weight excluding hydrogens is 344 g/mol. The van der Waals surface area contributed by atoms with Crippen LogP contribution in [0.4, 0.5) is 0 Å². The summed E-state index contributed by atoms with van der Waals surface area (Å²) in [7, 11) is 0. The third-order valence-corrected chi connectivity index (χ3v) is 5.51. The first-order chi connectivity index (χ1) is 12.7. The molecule has 0 N–H and O–H groups in total. The van der Waals surface area contributed by atoms with Gasteiger partial charge in [-0.25, -0.2) is 0 Å². The summed E-state index contributed by atoms with van der Waals surface area (Å²) in [6, 6.07) is 18.0. The van der Waals surface area contributed by atoms with Crippen molar-refractivity contribution in [2.45, 2.75) is 25.2 Å². The van der Waals surface area contributed by atoms with Gasteiger partial charge in [0.25, 0.3) is 0 Å². The van der Waals surface area contributed by atoms with Crippen molar-refractivity contribution in [3.8, 4) is 0 Å². The second-order valence-electron chi connectivity index (χ2n) is 6.90. The largest absolute Gasteiger partial charge is 0.342 e. The summed E-state index contributed by atoms with van der Waals surface area (Å²) >= 11 is 6.21. The minimum absolute atomic E-state index is 0.142. The lowest BCUT2D eigenvalue weighted by Gasteiger charge is -2.32. The van der Waals surface area contributed by atoms with Crippen LogP contribution < -0.4 is 0 Å². The van der Waals surface area contributed by atoms with Crippen molar-refractivity contribution >= 4 is 28.3 Å². The lowest BCUT2D eigenvalue weighted by atomic mass is 9.93. The molecule has 3 aromatic rings. The number of rotatable bonds is 3. The van der Waals surface area contributed by atoms with Gasteiger partial charge in [0.15, 0.2) is 0 Å². The van der Waals surface area contributed by atoms with Crippen molar-refractivity contribution in [3.63, 3.8) is 0 Å². The molecule has 0 aliphatic carbocycles. The van der Waals surface area contributed by atoms with E-state index in [1.807, 2.05) is 47.5 Å². The molecule has 4 heteroatoms. The number of nitrogens with zero attached hydrogens (tertiary/aromatic N) is 2. The number of fused-ring (bicyclic) bond motifs is 1. The van der Waals surface area contributed by atoms with Crippen molar-refractivity contribution in [2.24, 2.45) is 0 Å². The Morgan fingerprint density at radius 1 is 1.12 bits per heavy atom. The molecule has 3 nitrogen and oxygen atoms in total. The third-order valence-electron chi connectivity index (χ3n) is 5.14. The van der Waals surface area contributed by atoms with Crippen LogP contribution >= 0.6 is 11.6 Å². The Bertz CT molecular complexity index is 940. The first-order valence-electron chi connectivity index (χ1n) is 9.06. The number of amides is 1. The van der Waals surface area contributed by atoms with E-state index in [1.165, 1.54) is 5.39 Å². The van der Waals surface area contributed by atoms with E-state index in [0.29, 0.717) is 17.4 Å². The maximum atomic E-state index is 12.8. The smallest absolute Gasteiger partial charge is 0.227 e. The zero-order valence-corrected chi connectivity index (χ0v) is 15.3. The quantitative estimate of drug-likeness (QED) is 0.666. The number of hydrogen-bond donors (Lipinski definition) is 0. The van der Waals surface area contributed by atoms with Crippen molar-refractivity contribution in [1.82, 2.24) is 9.88 Å². The molecule has 0 radical (unpaired) electrons. The predicted molar refractivity (Wildman–Crippen MR) is 105 cm³/mol. The van der Waals surface area contributed by atoms with Gasteiger partial charge in [-0.15, -0.1) is 0 Å². The van der Waals surface area contributed by atoms with Crippen LogP contribution in [-0.4, -0.2) is 28.9 Å². The van der Waals surface area contributed by atoms with E-state index < -0.39 is 0 Å². The van der Waals surface area contributed by atoms with Crippen LogP contribution in [0.2, 0.25) is 5.02 Å². The summed E-state index contributed by atoms with van der Waals surface area (Å²) < 4.78 is 0. The molecular formula is C22H21ClN2O. The molecule has 0 saturated carbocycles. The average molecular weight is 365 g/mol. The Morgan fingerprint density at radius 3 is 2.73 bits per heavy atom. The van der Waals surface area contributed by atoms with Crippen LogP contribution in [0.25, 0.3) is 10.8 Å². The van der Waals surface area contributed by atoms with Gasteiger partial charge in [-0.05, 0) is 35.9 Å². The van der Waals surface area contributed by atoms with Crippen molar-refractivity contribution in [2.75, 3.05) is 13.1 Å². The van der Waals surface area contributed by atoms with Crippen LogP contribution in [0, 0.1) is 0 Å². The fourth-order valence-corrected chi connectivity index (χ4v) is 3.89. The molecule has 0 spiro atoms. The molecule has 0 bridgehead atoms. The van der Waals surface area contributed by atoms with E-state index in [0.717, 1.165) is 42.6 Å². The van der Waals surface area contributed by atoms with Crippen LogP contribution in [0.1, 0.15) is 30.0 Å². The average Bonchev–Trinajstić information content (AvgIpc) is 2.69. The Balaban J connectivity index is 1.49. The van der Waals surface area contributed by atoms with Gasteiger partial charge in [-0.3, -0.25) is 9.78 Å². The molecule has 2 heterocycles. The summed E-state index contributed by atoms with van der Waals surface area (Å²) in [5, 5.41) is 3.02. The second kappa shape index (κ2) is 7.46. The number of halogens is 1. The molecule has 1 amide bonds. The van der Waals surface area contributed by atoms with E-state index in [1.54, 1.807) is 0 Å². The molecule has 0 unspecified atom stereocenters. The van der Waals surface area contributed by atoms with E-state index in [4.69, 9.17) is 11.6 Å². The van der Waals surface area contributed by atoms with E-state index >= 15 is 0 Å². The van der Waals surface area contributed by atoms with Gasteiger partial charge in [0.2, 0.25) is 5.91 Å². The number of carbonyl (C=O) groups is 1. The van der Waals surface area contributed by atoms with Gasteiger partial charge in [0, 0.05) is 41.3 Å². The van der Waals surface area contributed by atoms with Gasteiger partial charge >= 0.3 is 0 Å². The number of carbonyl (C=O) groups excluding carboxylic acids is 1. The molecule has 132 valence electrons.